The molecular weight excluding hydrogens is 358 g/mol. The van der Waals surface area contributed by atoms with E-state index in [9.17, 15) is 30.1 Å². The molecule has 11 heteroatoms. The van der Waals surface area contributed by atoms with Crippen LogP contribution in [0.4, 0.5) is 17.1 Å². The molecule has 1 amide bonds. The lowest BCUT2D eigenvalue weighted by molar-refractivity contribution is -0.394. The molecule has 0 aromatic heterocycles. The van der Waals surface area contributed by atoms with E-state index in [0.29, 0.717) is 6.07 Å². The number of carbonyl (C=O) groups is 1. The number of nitrogens with one attached hydrogen (secondary N) is 2. The van der Waals surface area contributed by atoms with Crippen molar-refractivity contribution in [3.63, 3.8) is 0 Å². The van der Waals surface area contributed by atoms with Gasteiger partial charge in [0.25, 0.3) is 11.6 Å². The maximum atomic E-state index is 11.8. The quantitative estimate of drug-likeness (QED) is 0.380. The Kier molecular flexibility index (Phi) is 5.99. The van der Waals surface area contributed by atoms with E-state index in [1.54, 1.807) is 6.07 Å². The summed E-state index contributed by atoms with van der Waals surface area (Å²) < 4.78 is 0. The Balaban J connectivity index is 2.07. The van der Waals surface area contributed by atoms with E-state index in [-0.39, 0.29) is 12.1 Å². The van der Waals surface area contributed by atoms with Gasteiger partial charge in [0.05, 0.1) is 34.2 Å². The molecule has 0 bridgehead atoms. The molecule has 0 atom stereocenters. The van der Waals surface area contributed by atoms with Crippen LogP contribution in [-0.2, 0) is 4.79 Å². The second-order valence-electron chi connectivity index (χ2n) is 5.38. The number of phenols is 1. The molecule has 2 aromatic carbocycles. The number of amides is 1. The number of aryl methyl sites for hydroxylation is 1. The zero-order chi connectivity index (χ0) is 20.0. The van der Waals surface area contributed by atoms with E-state index in [1.165, 1.54) is 0 Å². The molecule has 3 N–H and O–H groups in total. The molecule has 0 fully saturated rings. The maximum Gasteiger partial charge on any atom is 0.318 e. The summed E-state index contributed by atoms with van der Waals surface area (Å²) in [7, 11) is 0. The number of benzene rings is 2. The van der Waals surface area contributed by atoms with Crippen LogP contribution in [-0.4, -0.2) is 33.6 Å². The molecule has 140 valence electrons. The maximum absolute atomic E-state index is 11.8. The van der Waals surface area contributed by atoms with Gasteiger partial charge in [-0.2, -0.15) is 5.10 Å². The van der Waals surface area contributed by atoms with E-state index in [4.69, 9.17) is 0 Å². The first-order valence-electron chi connectivity index (χ1n) is 7.56. The monoisotopic (exact) mass is 373 g/mol. The van der Waals surface area contributed by atoms with Crippen LogP contribution < -0.4 is 10.7 Å². The van der Waals surface area contributed by atoms with Gasteiger partial charge in [-0.15, -0.1) is 0 Å². The van der Waals surface area contributed by atoms with Gasteiger partial charge < -0.3 is 10.4 Å². The summed E-state index contributed by atoms with van der Waals surface area (Å²) in [5.74, 6) is -1.31. The Hall–Kier alpha value is -4.02. The number of hydrazone groups is 1. The third-order valence-electron chi connectivity index (χ3n) is 3.49. The first kappa shape index (κ1) is 19.3. The minimum atomic E-state index is -0.954. The van der Waals surface area contributed by atoms with Crippen molar-refractivity contribution in [1.82, 2.24) is 5.43 Å². The number of rotatable bonds is 7. The summed E-state index contributed by atoms with van der Waals surface area (Å²) in [4.78, 5) is 31.7. The largest absolute Gasteiger partial charge is 0.502 e. The van der Waals surface area contributed by atoms with Crippen molar-refractivity contribution in [3.8, 4) is 5.75 Å². The van der Waals surface area contributed by atoms with E-state index >= 15 is 0 Å². The standard InChI is InChI=1S/C16H15N5O6/c1-10-4-2-3-5-13(10)17-9-15(22)19-18-8-11-6-12(20(24)25)7-14(16(11)23)21(26)27/h2-8,17,23H,9H2,1H3,(H,19,22)/b18-8-. The molecule has 0 aliphatic rings. The highest BCUT2D eigenvalue weighted by atomic mass is 16.6. The summed E-state index contributed by atoms with van der Waals surface area (Å²) in [5.41, 5.74) is 2.18. The highest BCUT2D eigenvalue weighted by Crippen LogP contribution is 2.33. The normalized spacial score (nSPS) is 10.6. The molecule has 27 heavy (non-hydrogen) atoms. The van der Waals surface area contributed by atoms with Crippen LogP contribution in [0.2, 0.25) is 0 Å². The van der Waals surface area contributed by atoms with Crippen LogP contribution in [0.5, 0.6) is 5.75 Å². The Bertz CT molecular complexity index is 928. The van der Waals surface area contributed by atoms with Gasteiger partial charge in [-0.05, 0) is 18.6 Å². The molecule has 0 aliphatic heterocycles. The molecule has 2 aromatic rings. The zero-order valence-corrected chi connectivity index (χ0v) is 14.1. The fourth-order valence-electron chi connectivity index (χ4n) is 2.13. The summed E-state index contributed by atoms with van der Waals surface area (Å²) in [5, 5.41) is 38.0. The third kappa shape index (κ3) is 4.98. The summed E-state index contributed by atoms with van der Waals surface area (Å²) in [6.07, 6.45) is 0.890. The number of phenolic OH excluding ortho intramolecular Hbond substituents is 1. The number of hydrogen-bond donors (Lipinski definition) is 3. The molecular formula is C16H15N5O6. The number of carbonyl (C=O) groups excluding carboxylic acids is 1. The van der Waals surface area contributed by atoms with Gasteiger partial charge in [-0.25, -0.2) is 5.43 Å². The molecule has 0 unspecified atom stereocenters. The van der Waals surface area contributed by atoms with Gasteiger partial charge in [0.2, 0.25) is 5.75 Å². The Morgan fingerprint density at radius 1 is 1.22 bits per heavy atom. The highest BCUT2D eigenvalue weighted by molar-refractivity contribution is 5.88. The van der Waals surface area contributed by atoms with Crippen LogP contribution in [0.3, 0.4) is 0 Å². The van der Waals surface area contributed by atoms with Crippen molar-refractivity contribution in [1.29, 1.82) is 0 Å². The average Bonchev–Trinajstić information content (AvgIpc) is 2.62. The molecule has 0 spiro atoms. The van der Waals surface area contributed by atoms with Gasteiger partial charge in [0.1, 0.15) is 0 Å². The van der Waals surface area contributed by atoms with Crippen LogP contribution in [0.15, 0.2) is 41.5 Å². The van der Waals surface area contributed by atoms with Gasteiger partial charge in [-0.3, -0.25) is 25.0 Å². The number of aromatic hydroxyl groups is 1. The minimum absolute atomic E-state index is 0.0940. The molecule has 0 saturated carbocycles. The lowest BCUT2D eigenvalue weighted by Crippen LogP contribution is -2.26. The minimum Gasteiger partial charge on any atom is -0.502 e. The lowest BCUT2D eigenvalue weighted by Gasteiger charge is -2.07. The van der Waals surface area contributed by atoms with Crippen molar-refractivity contribution in [2.24, 2.45) is 5.10 Å². The Labute approximate surface area is 152 Å². The number of nitro benzene ring substituents is 2. The first-order chi connectivity index (χ1) is 12.8. The van der Waals surface area contributed by atoms with Crippen molar-refractivity contribution in [2.45, 2.75) is 6.92 Å². The van der Waals surface area contributed by atoms with Gasteiger partial charge >= 0.3 is 5.69 Å². The van der Waals surface area contributed by atoms with Crippen molar-refractivity contribution < 1.29 is 19.7 Å². The second-order valence-corrected chi connectivity index (χ2v) is 5.38. The average molecular weight is 373 g/mol. The van der Waals surface area contributed by atoms with Crippen LogP contribution in [0, 0.1) is 27.2 Å². The number of non-ortho nitro benzene ring substituents is 1. The number of hydrogen-bond acceptors (Lipinski definition) is 8. The van der Waals surface area contributed by atoms with E-state index in [0.717, 1.165) is 23.5 Å². The van der Waals surface area contributed by atoms with E-state index < -0.39 is 32.9 Å². The smallest absolute Gasteiger partial charge is 0.318 e. The zero-order valence-electron chi connectivity index (χ0n) is 14.1. The fraction of sp³-hybridized carbons (Fsp3) is 0.125. The molecule has 11 nitrogen and oxygen atoms in total. The molecule has 0 aliphatic carbocycles. The van der Waals surface area contributed by atoms with Gasteiger partial charge in [-0.1, -0.05) is 18.2 Å². The predicted octanol–water partition coefficient (Wildman–Crippen LogP) is 2.08. The second kappa shape index (κ2) is 8.38. The lowest BCUT2D eigenvalue weighted by atomic mass is 10.1. The molecule has 0 radical (unpaired) electrons. The Morgan fingerprint density at radius 2 is 1.93 bits per heavy atom. The van der Waals surface area contributed by atoms with E-state index in [1.807, 2.05) is 25.1 Å². The number of nitro groups is 2. The van der Waals surface area contributed by atoms with Crippen LogP contribution >= 0.6 is 0 Å². The fourth-order valence-corrected chi connectivity index (χ4v) is 2.13. The van der Waals surface area contributed by atoms with Crippen molar-refractivity contribution in [2.75, 3.05) is 11.9 Å². The highest BCUT2D eigenvalue weighted by Gasteiger charge is 2.23. The molecule has 0 heterocycles. The Morgan fingerprint density at radius 3 is 2.56 bits per heavy atom. The van der Waals surface area contributed by atoms with Crippen LogP contribution in [0.1, 0.15) is 11.1 Å². The molecule has 2 rings (SSSR count). The topological polar surface area (TPSA) is 160 Å². The van der Waals surface area contributed by atoms with Gasteiger partial charge in [0.15, 0.2) is 0 Å². The van der Waals surface area contributed by atoms with Crippen molar-refractivity contribution in [3.05, 3.63) is 67.8 Å². The predicted molar refractivity (Wildman–Crippen MR) is 96.8 cm³/mol. The SMILES string of the molecule is Cc1ccccc1NCC(=O)N/N=C\c1cc([N+](=O)[O-])cc([N+](=O)[O-])c1O. The molecule has 0 saturated heterocycles. The number of anilines is 1. The summed E-state index contributed by atoms with van der Waals surface area (Å²) in [6.45, 7) is 1.78. The van der Waals surface area contributed by atoms with Crippen molar-refractivity contribution >= 4 is 29.2 Å². The van der Waals surface area contributed by atoms with Crippen LogP contribution in [0.25, 0.3) is 0 Å². The third-order valence-corrected chi connectivity index (χ3v) is 3.49. The number of nitrogens with zero attached hydrogens (tertiary/aromatic N) is 3. The summed E-state index contributed by atoms with van der Waals surface area (Å²) >= 11 is 0. The number of para-hydroxylation sites is 1. The van der Waals surface area contributed by atoms with Gasteiger partial charge in [0, 0.05) is 11.8 Å². The first-order valence-corrected chi connectivity index (χ1v) is 7.56. The van der Waals surface area contributed by atoms with E-state index in [2.05, 4.69) is 15.8 Å². The summed E-state index contributed by atoms with van der Waals surface area (Å²) in [6, 6.07) is 8.88.